The highest BCUT2D eigenvalue weighted by atomic mass is 16.6. The van der Waals surface area contributed by atoms with Crippen LogP contribution in [0.4, 0.5) is 0 Å². The molecule has 0 aliphatic rings. The van der Waals surface area contributed by atoms with E-state index < -0.39 is 24.4 Å². The van der Waals surface area contributed by atoms with Crippen LogP contribution in [0.15, 0.2) is 24.3 Å². The SMILES string of the molecule is CCOc1ccccc1OCC(=O)OCC(=O)NCC(N)=O. The Morgan fingerprint density at radius 2 is 1.73 bits per heavy atom. The Bertz CT molecular complexity index is 532. The molecule has 2 amide bonds. The molecule has 0 aliphatic carbocycles. The third kappa shape index (κ3) is 6.60. The van der Waals surface area contributed by atoms with Gasteiger partial charge in [0, 0.05) is 0 Å². The number of nitrogens with two attached hydrogens (primary N) is 1. The van der Waals surface area contributed by atoms with E-state index in [-0.39, 0.29) is 13.2 Å². The number of carbonyl (C=O) groups is 3. The van der Waals surface area contributed by atoms with Crippen molar-refractivity contribution in [2.75, 3.05) is 26.4 Å². The predicted octanol–water partition coefficient (Wildman–Crippen LogP) is -0.391. The van der Waals surface area contributed by atoms with Crippen LogP contribution >= 0.6 is 0 Å². The molecule has 8 nitrogen and oxygen atoms in total. The van der Waals surface area contributed by atoms with Crippen molar-refractivity contribution in [1.82, 2.24) is 5.32 Å². The van der Waals surface area contributed by atoms with E-state index in [1.54, 1.807) is 24.3 Å². The summed E-state index contributed by atoms with van der Waals surface area (Å²) in [5.74, 6) is -1.12. The molecule has 3 N–H and O–H groups in total. The molecule has 1 rings (SSSR count). The Kier molecular flexibility index (Phi) is 7.24. The van der Waals surface area contributed by atoms with Gasteiger partial charge >= 0.3 is 5.97 Å². The van der Waals surface area contributed by atoms with Gasteiger partial charge in [-0.15, -0.1) is 0 Å². The lowest BCUT2D eigenvalue weighted by molar-refractivity contribution is -0.150. The van der Waals surface area contributed by atoms with Crippen LogP contribution in [-0.4, -0.2) is 44.1 Å². The molecular weight excluding hydrogens is 292 g/mol. The molecule has 0 unspecified atom stereocenters. The minimum Gasteiger partial charge on any atom is -0.490 e. The Morgan fingerprint density at radius 1 is 1.09 bits per heavy atom. The maximum absolute atomic E-state index is 11.5. The minimum atomic E-state index is -0.722. The summed E-state index contributed by atoms with van der Waals surface area (Å²) in [6, 6.07) is 6.87. The van der Waals surface area contributed by atoms with Gasteiger partial charge in [0.25, 0.3) is 5.91 Å². The molecule has 22 heavy (non-hydrogen) atoms. The number of hydrogen-bond donors (Lipinski definition) is 2. The number of ether oxygens (including phenoxy) is 3. The maximum atomic E-state index is 11.5. The van der Waals surface area contributed by atoms with Crippen molar-refractivity contribution in [1.29, 1.82) is 0 Å². The second kappa shape index (κ2) is 9.22. The number of rotatable bonds is 9. The van der Waals surface area contributed by atoms with Crippen molar-refractivity contribution < 1.29 is 28.6 Å². The van der Waals surface area contributed by atoms with E-state index >= 15 is 0 Å². The lowest BCUT2D eigenvalue weighted by Crippen LogP contribution is -2.36. The summed E-state index contributed by atoms with van der Waals surface area (Å²) in [7, 11) is 0. The lowest BCUT2D eigenvalue weighted by Gasteiger charge is -2.11. The van der Waals surface area contributed by atoms with Gasteiger partial charge in [0.15, 0.2) is 24.7 Å². The van der Waals surface area contributed by atoms with Gasteiger partial charge in [0.2, 0.25) is 5.91 Å². The zero-order valence-electron chi connectivity index (χ0n) is 12.2. The van der Waals surface area contributed by atoms with E-state index in [1.165, 1.54) is 0 Å². The number of esters is 1. The van der Waals surface area contributed by atoms with E-state index in [0.717, 1.165) is 0 Å². The zero-order valence-corrected chi connectivity index (χ0v) is 12.2. The summed E-state index contributed by atoms with van der Waals surface area (Å²) in [6.07, 6.45) is 0. The van der Waals surface area contributed by atoms with Gasteiger partial charge in [-0.1, -0.05) is 12.1 Å². The number of benzene rings is 1. The molecule has 1 aromatic rings. The average molecular weight is 310 g/mol. The number of primary amides is 1. The Labute approximate surface area is 127 Å². The fourth-order valence-electron chi connectivity index (χ4n) is 1.41. The van der Waals surface area contributed by atoms with Crippen molar-refractivity contribution >= 4 is 17.8 Å². The number of para-hydroxylation sites is 2. The topological polar surface area (TPSA) is 117 Å². The van der Waals surface area contributed by atoms with E-state index in [2.05, 4.69) is 10.1 Å². The summed E-state index contributed by atoms with van der Waals surface area (Å²) in [6.45, 7) is 1.10. The van der Waals surface area contributed by atoms with E-state index in [1.807, 2.05) is 6.92 Å². The zero-order chi connectivity index (χ0) is 16.4. The summed E-state index contributed by atoms with van der Waals surface area (Å²) < 4.78 is 15.3. The molecule has 0 aromatic heterocycles. The molecule has 0 saturated carbocycles. The molecule has 0 spiro atoms. The first kappa shape index (κ1) is 17.3. The van der Waals surface area contributed by atoms with Crippen LogP contribution in [-0.2, 0) is 19.1 Å². The molecule has 0 heterocycles. The number of carbonyl (C=O) groups excluding carboxylic acids is 3. The molecule has 0 bridgehead atoms. The monoisotopic (exact) mass is 310 g/mol. The van der Waals surface area contributed by atoms with Crippen molar-refractivity contribution in [2.45, 2.75) is 6.92 Å². The molecule has 8 heteroatoms. The third-order valence-corrected chi connectivity index (χ3v) is 2.32. The quantitative estimate of drug-likeness (QED) is 0.600. The molecular formula is C14H18N2O6. The fourth-order valence-corrected chi connectivity index (χ4v) is 1.41. The van der Waals surface area contributed by atoms with E-state index in [9.17, 15) is 14.4 Å². The highest BCUT2D eigenvalue weighted by Gasteiger charge is 2.10. The largest absolute Gasteiger partial charge is 0.490 e. The minimum absolute atomic E-state index is 0.311. The highest BCUT2D eigenvalue weighted by molar-refractivity contribution is 5.85. The Balaban J connectivity index is 2.34. The van der Waals surface area contributed by atoms with Crippen LogP contribution in [0.1, 0.15) is 6.92 Å². The van der Waals surface area contributed by atoms with Gasteiger partial charge in [-0.05, 0) is 19.1 Å². The molecule has 0 radical (unpaired) electrons. The number of nitrogens with one attached hydrogen (secondary N) is 1. The molecule has 0 saturated heterocycles. The van der Waals surface area contributed by atoms with Crippen molar-refractivity contribution in [2.24, 2.45) is 5.73 Å². The summed E-state index contributed by atoms with van der Waals surface area (Å²) in [5, 5.41) is 2.19. The second-order valence-corrected chi connectivity index (χ2v) is 4.07. The molecule has 1 aromatic carbocycles. The second-order valence-electron chi connectivity index (χ2n) is 4.07. The van der Waals surface area contributed by atoms with Gasteiger partial charge in [-0.25, -0.2) is 4.79 Å². The van der Waals surface area contributed by atoms with Gasteiger partial charge < -0.3 is 25.3 Å². The van der Waals surface area contributed by atoms with Gasteiger partial charge in [-0.2, -0.15) is 0 Å². The van der Waals surface area contributed by atoms with Gasteiger partial charge in [-0.3, -0.25) is 9.59 Å². The highest BCUT2D eigenvalue weighted by Crippen LogP contribution is 2.26. The van der Waals surface area contributed by atoms with E-state index in [0.29, 0.717) is 18.1 Å². The van der Waals surface area contributed by atoms with Crippen LogP contribution < -0.4 is 20.5 Å². The third-order valence-electron chi connectivity index (χ3n) is 2.32. The molecule has 0 atom stereocenters. The lowest BCUT2D eigenvalue weighted by atomic mass is 10.3. The van der Waals surface area contributed by atoms with Crippen LogP contribution in [0.3, 0.4) is 0 Å². The number of amides is 2. The van der Waals surface area contributed by atoms with Crippen molar-refractivity contribution in [3.8, 4) is 11.5 Å². The molecule has 0 fully saturated rings. The van der Waals surface area contributed by atoms with Gasteiger partial charge in [0.1, 0.15) is 0 Å². The first-order chi connectivity index (χ1) is 10.5. The fraction of sp³-hybridized carbons (Fsp3) is 0.357. The van der Waals surface area contributed by atoms with E-state index in [4.69, 9.17) is 15.2 Å². The van der Waals surface area contributed by atoms with Crippen LogP contribution in [0.2, 0.25) is 0 Å². The normalized spacial score (nSPS) is 9.68. The standard InChI is InChI=1S/C14H18N2O6/c1-2-20-10-5-3-4-6-11(10)21-9-14(19)22-8-13(18)16-7-12(15)17/h3-6H,2,7-9H2,1H3,(H2,15,17)(H,16,18). The smallest absolute Gasteiger partial charge is 0.344 e. The van der Waals surface area contributed by atoms with Gasteiger partial charge in [0.05, 0.1) is 13.2 Å². The van der Waals surface area contributed by atoms with Crippen molar-refractivity contribution in [3.05, 3.63) is 24.3 Å². The average Bonchev–Trinajstić information content (AvgIpc) is 2.50. The molecule has 120 valence electrons. The Morgan fingerprint density at radius 3 is 2.32 bits per heavy atom. The van der Waals surface area contributed by atoms with Crippen LogP contribution in [0, 0.1) is 0 Å². The first-order valence-electron chi connectivity index (χ1n) is 6.58. The summed E-state index contributed by atoms with van der Waals surface area (Å²) >= 11 is 0. The Hall–Kier alpha value is -2.77. The molecule has 0 aliphatic heterocycles. The first-order valence-corrected chi connectivity index (χ1v) is 6.58. The summed E-state index contributed by atoms with van der Waals surface area (Å²) in [4.78, 5) is 33.1. The predicted molar refractivity (Wildman–Crippen MR) is 76.3 cm³/mol. The van der Waals surface area contributed by atoms with Crippen LogP contribution in [0.5, 0.6) is 11.5 Å². The van der Waals surface area contributed by atoms with Crippen LogP contribution in [0.25, 0.3) is 0 Å². The maximum Gasteiger partial charge on any atom is 0.344 e. The summed E-state index contributed by atoms with van der Waals surface area (Å²) in [5.41, 5.74) is 4.85. The van der Waals surface area contributed by atoms with Crippen molar-refractivity contribution in [3.63, 3.8) is 0 Å². The number of hydrogen-bond acceptors (Lipinski definition) is 6.